The van der Waals surface area contributed by atoms with Gasteiger partial charge >= 0.3 is 0 Å². The van der Waals surface area contributed by atoms with Crippen LogP contribution in [0, 0.1) is 25.2 Å². The van der Waals surface area contributed by atoms with Crippen LogP contribution < -0.4 is 10.5 Å². The average molecular weight is 282 g/mol. The maximum absolute atomic E-state index is 9.05. The molecule has 0 aliphatic carbocycles. The molecule has 5 heteroatoms. The number of aryl methyl sites for hydroxylation is 1. The molecule has 2 aromatic rings. The highest BCUT2D eigenvalue weighted by Gasteiger charge is 2.25. The SMILES string of the molecule is Cc1ccc2c(c1C)OCCCC2n1ncc(C#N)c1N. The molecule has 0 saturated heterocycles. The van der Waals surface area contributed by atoms with E-state index in [4.69, 9.17) is 15.7 Å². The van der Waals surface area contributed by atoms with Crippen molar-refractivity contribution in [1.29, 1.82) is 5.26 Å². The second-order valence-corrected chi connectivity index (χ2v) is 5.43. The number of fused-ring (bicyclic) bond motifs is 1. The Morgan fingerprint density at radius 1 is 1.43 bits per heavy atom. The van der Waals surface area contributed by atoms with E-state index in [1.807, 2.05) is 0 Å². The first-order valence-electron chi connectivity index (χ1n) is 7.09. The number of anilines is 1. The number of rotatable bonds is 1. The van der Waals surface area contributed by atoms with Crippen molar-refractivity contribution >= 4 is 5.82 Å². The number of benzene rings is 1. The molecular weight excluding hydrogens is 264 g/mol. The fourth-order valence-corrected chi connectivity index (χ4v) is 2.83. The van der Waals surface area contributed by atoms with Gasteiger partial charge in [-0.2, -0.15) is 10.4 Å². The van der Waals surface area contributed by atoms with Gasteiger partial charge in [-0.15, -0.1) is 0 Å². The van der Waals surface area contributed by atoms with Crippen LogP contribution in [0.3, 0.4) is 0 Å². The Balaban J connectivity index is 2.15. The number of hydrogen-bond donors (Lipinski definition) is 1. The Morgan fingerprint density at radius 2 is 2.24 bits per heavy atom. The van der Waals surface area contributed by atoms with Gasteiger partial charge in [0.2, 0.25) is 0 Å². The molecule has 0 fully saturated rings. The molecular formula is C16H18N4O. The summed E-state index contributed by atoms with van der Waals surface area (Å²) in [5.74, 6) is 1.36. The number of nitrogen functional groups attached to an aromatic ring is 1. The van der Waals surface area contributed by atoms with Crippen LogP contribution in [0.2, 0.25) is 0 Å². The summed E-state index contributed by atoms with van der Waals surface area (Å²) in [7, 11) is 0. The van der Waals surface area contributed by atoms with E-state index in [0.29, 0.717) is 18.0 Å². The highest BCUT2D eigenvalue weighted by Crippen LogP contribution is 2.38. The molecule has 108 valence electrons. The molecule has 0 saturated carbocycles. The predicted octanol–water partition coefficient (Wildman–Crippen LogP) is 2.72. The molecule has 0 spiro atoms. The third-order valence-corrected chi connectivity index (χ3v) is 4.18. The number of hydrogen-bond acceptors (Lipinski definition) is 4. The van der Waals surface area contributed by atoms with E-state index in [-0.39, 0.29) is 6.04 Å². The fourth-order valence-electron chi connectivity index (χ4n) is 2.83. The van der Waals surface area contributed by atoms with Gasteiger partial charge in [0.05, 0.1) is 18.8 Å². The van der Waals surface area contributed by atoms with E-state index < -0.39 is 0 Å². The van der Waals surface area contributed by atoms with E-state index in [2.05, 4.69) is 37.1 Å². The smallest absolute Gasteiger partial charge is 0.140 e. The van der Waals surface area contributed by atoms with Crippen molar-refractivity contribution in [3.8, 4) is 11.8 Å². The van der Waals surface area contributed by atoms with Gasteiger partial charge in [-0.05, 0) is 37.8 Å². The monoisotopic (exact) mass is 282 g/mol. The standard InChI is InChI=1S/C16H18N4O/c1-10-5-6-13-14(4-3-7-21-15(13)11(10)2)20-16(18)12(8-17)9-19-20/h5-6,9,14H,3-4,7,18H2,1-2H3. The number of nitriles is 1. The largest absolute Gasteiger partial charge is 0.493 e. The summed E-state index contributed by atoms with van der Waals surface area (Å²) in [6.45, 7) is 4.85. The fraction of sp³-hybridized carbons (Fsp3) is 0.375. The van der Waals surface area contributed by atoms with E-state index in [1.54, 1.807) is 4.68 Å². The number of ether oxygens (including phenoxy) is 1. The van der Waals surface area contributed by atoms with Crippen LogP contribution in [0.1, 0.15) is 41.1 Å². The van der Waals surface area contributed by atoms with Crippen LogP contribution in [0.15, 0.2) is 18.3 Å². The quantitative estimate of drug-likeness (QED) is 0.872. The molecule has 0 bridgehead atoms. The second-order valence-electron chi connectivity index (χ2n) is 5.43. The zero-order valence-corrected chi connectivity index (χ0v) is 12.3. The van der Waals surface area contributed by atoms with Gasteiger partial charge in [-0.25, -0.2) is 4.68 Å². The zero-order chi connectivity index (χ0) is 15.0. The molecule has 1 unspecified atom stereocenters. The molecule has 1 atom stereocenters. The average Bonchev–Trinajstić information content (AvgIpc) is 2.71. The first-order chi connectivity index (χ1) is 10.1. The minimum absolute atomic E-state index is 0.0175. The van der Waals surface area contributed by atoms with Crippen LogP contribution in [-0.4, -0.2) is 16.4 Å². The van der Waals surface area contributed by atoms with E-state index in [0.717, 1.165) is 29.7 Å². The third-order valence-electron chi connectivity index (χ3n) is 4.18. The third kappa shape index (κ3) is 2.13. The van der Waals surface area contributed by atoms with Crippen molar-refractivity contribution in [2.45, 2.75) is 32.7 Å². The minimum atomic E-state index is 0.0175. The molecule has 1 aliphatic rings. The van der Waals surface area contributed by atoms with Crippen LogP contribution in [0.25, 0.3) is 0 Å². The summed E-state index contributed by atoms with van der Waals surface area (Å²) in [5.41, 5.74) is 9.94. The lowest BCUT2D eigenvalue weighted by atomic mass is 9.97. The molecule has 0 amide bonds. The normalized spacial score (nSPS) is 17.5. The lowest BCUT2D eigenvalue weighted by Crippen LogP contribution is -2.15. The van der Waals surface area contributed by atoms with Crippen molar-refractivity contribution in [3.05, 3.63) is 40.6 Å². The molecule has 1 aromatic heterocycles. The number of nitrogens with zero attached hydrogens (tertiary/aromatic N) is 3. The zero-order valence-electron chi connectivity index (χ0n) is 12.3. The molecule has 21 heavy (non-hydrogen) atoms. The minimum Gasteiger partial charge on any atom is -0.493 e. The van der Waals surface area contributed by atoms with Crippen LogP contribution >= 0.6 is 0 Å². The molecule has 1 aromatic carbocycles. The Morgan fingerprint density at radius 3 is 2.95 bits per heavy atom. The Bertz CT molecular complexity index is 727. The van der Waals surface area contributed by atoms with Gasteiger partial charge in [-0.3, -0.25) is 0 Å². The van der Waals surface area contributed by atoms with E-state index in [9.17, 15) is 0 Å². The molecule has 1 aliphatic heterocycles. The summed E-state index contributed by atoms with van der Waals surface area (Å²) in [6.07, 6.45) is 3.35. The Kier molecular flexibility index (Phi) is 3.30. The lowest BCUT2D eigenvalue weighted by Gasteiger charge is -2.20. The van der Waals surface area contributed by atoms with Gasteiger partial charge in [-0.1, -0.05) is 12.1 Å². The molecule has 3 rings (SSSR count). The van der Waals surface area contributed by atoms with Gasteiger partial charge in [0.25, 0.3) is 0 Å². The summed E-state index contributed by atoms with van der Waals surface area (Å²) < 4.78 is 7.69. The number of nitrogens with two attached hydrogens (primary N) is 1. The molecule has 2 N–H and O–H groups in total. The highest BCUT2D eigenvalue weighted by atomic mass is 16.5. The van der Waals surface area contributed by atoms with Crippen LogP contribution in [0.5, 0.6) is 5.75 Å². The van der Waals surface area contributed by atoms with Crippen molar-refractivity contribution in [1.82, 2.24) is 9.78 Å². The van der Waals surface area contributed by atoms with Crippen molar-refractivity contribution in [2.75, 3.05) is 12.3 Å². The van der Waals surface area contributed by atoms with Crippen molar-refractivity contribution in [3.63, 3.8) is 0 Å². The first kappa shape index (κ1) is 13.5. The predicted molar refractivity (Wildman–Crippen MR) is 80.1 cm³/mol. The topological polar surface area (TPSA) is 76.9 Å². The van der Waals surface area contributed by atoms with Gasteiger partial charge in [0, 0.05) is 5.56 Å². The highest BCUT2D eigenvalue weighted by molar-refractivity contribution is 5.51. The van der Waals surface area contributed by atoms with Crippen LogP contribution in [0.4, 0.5) is 5.82 Å². The summed E-state index contributed by atoms with van der Waals surface area (Å²) in [4.78, 5) is 0. The van der Waals surface area contributed by atoms with Gasteiger partial charge in [0.1, 0.15) is 23.2 Å². The molecule has 5 nitrogen and oxygen atoms in total. The molecule has 0 radical (unpaired) electrons. The maximum atomic E-state index is 9.05. The first-order valence-corrected chi connectivity index (χ1v) is 7.09. The Hall–Kier alpha value is -2.48. The van der Waals surface area contributed by atoms with E-state index >= 15 is 0 Å². The van der Waals surface area contributed by atoms with Crippen molar-refractivity contribution < 1.29 is 4.74 Å². The van der Waals surface area contributed by atoms with Crippen molar-refractivity contribution in [2.24, 2.45) is 0 Å². The summed E-state index contributed by atoms with van der Waals surface area (Å²) in [5, 5.41) is 13.4. The van der Waals surface area contributed by atoms with E-state index in [1.165, 1.54) is 11.8 Å². The molecule has 2 heterocycles. The maximum Gasteiger partial charge on any atom is 0.140 e. The summed E-state index contributed by atoms with van der Waals surface area (Å²) >= 11 is 0. The van der Waals surface area contributed by atoms with Crippen LogP contribution in [-0.2, 0) is 0 Å². The summed E-state index contributed by atoms with van der Waals surface area (Å²) in [6, 6.07) is 6.27. The second kappa shape index (κ2) is 5.13. The Labute approximate surface area is 123 Å². The van der Waals surface area contributed by atoms with Gasteiger partial charge in [0.15, 0.2) is 0 Å². The number of aromatic nitrogens is 2. The lowest BCUT2D eigenvalue weighted by molar-refractivity contribution is 0.313. The van der Waals surface area contributed by atoms with Gasteiger partial charge < -0.3 is 10.5 Å².